The summed E-state index contributed by atoms with van der Waals surface area (Å²) in [7, 11) is 0. The Morgan fingerprint density at radius 2 is 1.25 bits per heavy atom. The third-order valence-corrected chi connectivity index (χ3v) is 6.52. The molecule has 0 spiro atoms. The van der Waals surface area contributed by atoms with Crippen LogP contribution >= 0.6 is 0 Å². The van der Waals surface area contributed by atoms with Gasteiger partial charge in [0, 0.05) is 6.54 Å². The van der Waals surface area contributed by atoms with Gasteiger partial charge in [-0.1, -0.05) is 106 Å². The summed E-state index contributed by atoms with van der Waals surface area (Å²) in [6.45, 7) is 5.15. The van der Waals surface area contributed by atoms with E-state index in [1.807, 2.05) is 0 Å². The predicted octanol–water partition coefficient (Wildman–Crippen LogP) is 8.32. The molecule has 0 aliphatic rings. The molecule has 0 atom stereocenters. The summed E-state index contributed by atoms with van der Waals surface area (Å²) in [5.74, 6) is 0. The van der Waals surface area contributed by atoms with Gasteiger partial charge in [-0.05, 0) is 75.4 Å². The summed E-state index contributed by atoms with van der Waals surface area (Å²) >= 11 is 0. The Bertz CT molecular complexity index is 1150. The Morgan fingerprint density at radius 1 is 0.656 bits per heavy atom. The van der Waals surface area contributed by atoms with E-state index in [2.05, 4.69) is 92.7 Å². The number of aryl methyl sites for hydroxylation is 2. The Kier molecular flexibility index (Phi) is 7.39. The number of nitrogens with two attached hydrogens (primary N) is 1. The van der Waals surface area contributed by atoms with Crippen molar-refractivity contribution < 1.29 is 0 Å². The average Bonchev–Trinajstić information content (AvgIpc) is 2.86. The molecular formula is C31H35N. The SMILES string of the molecule is CCCCc1cc2ccccc2c(CCCC)c1-c1ccc(-c2ccc(CN)cc2)cc1. The maximum absolute atomic E-state index is 5.76. The maximum atomic E-state index is 5.76. The van der Waals surface area contributed by atoms with E-state index in [-0.39, 0.29) is 0 Å². The number of hydrogen-bond acceptors (Lipinski definition) is 1. The second-order valence-electron chi connectivity index (χ2n) is 8.80. The van der Waals surface area contributed by atoms with Crippen LogP contribution in [0.1, 0.15) is 56.2 Å². The molecule has 1 heteroatoms. The molecule has 32 heavy (non-hydrogen) atoms. The van der Waals surface area contributed by atoms with E-state index in [0.29, 0.717) is 6.54 Å². The van der Waals surface area contributed by atoms with Gasteiger partial charge in [0.25, 0.3) is 0 Å². The molecule has 164 valence electrons. The first-order valence-corrected chi connectivity index (χ1v) is 12.2. The lowest BCUT2D eigenvalue weighted by atomic mass is 9.85. The Morgan fingerprint density at radius 3 is 1.91 bits per heavy atom. The quantitative estimate of drug-likeness (QED) is 0.289. The summed E-state index contributed by atoms with van der Waals surface area (Å²) in [5.41, 5.74) is 15.3. The molecule has 0 aliphatic carbocycles. The number of benzene rings is 4. The van der Waals surface area contributed by atoms with Crippen molar-refractivity contribution in [2.45, 2.75) is 58.9 Å². The highest BCUT2D eigenvalue weighted by molar-refractivity contribution is 5.94. The number of fused-ring (bicyclic) bond motifs is 1. The zero-order valence-electron chi connectivity index (χ0n) is 19.5. The van der Waals surface area contributed by atoms with Gasteiger partial charge in [0.05, 0.1) is 0 Å². The molecule has 0 aliphatic heterocycles. The van der Waals surface area contributed by atoms with Gasteiger partial charge >= 0.3 is 0 Å². The van der Waals surface area contributed by atoms with Gasteiger partial charge in [0.2, 0.25) is 0 Å². The first-order chi connectivity index (χ1) is 15.7. The number of unbranched alkanes of at least 4 members (excludes halogenated alkanes) is 2. The topological polar surface area (TPSA) is 26.0 Å². The van der Waals surface area contributed by atoms with E-state index in [9.17, 15) is 0 Å². The maximum Gasteiger partial charge on any atom is 0.0178 e. The van der Waals surface area contributed by atoms with Gasteiger partial charge in [0.15, 0.2) is 0 Å². The first-order valence-electron chi connectivity index (χ1n) is 12.2. The van der Waals surface area contributed by atoms with E-state index >= 15 is 0 Å². The fraction of sp³-hybridized carbons (Fsp3) is 0.290. The fourth-order valence-corrected chi connectivity index (χ4v) is 4.69. The molecular weight excluding hydrogens is 386 g/mol. The average molecular weight is 422 g/mol. The van der Waals surface area contributed by atoms with Crippen LogP contribution in [-0.4, -0.2) is 0 Å². The second-order valence-corrected chi connectivity index (χ2v) is 8.80. The molecule has 4 aromatic carbocycles. The van der Waals surface area contributed by atoms with Gasteiger partial charge in [-0.2, -0.15) is 0 Å². The van der Waals surface area contributed by atoms with Crippen molar-refractivity contribution in [2.75, 3.05) is 0 Å². The molecule has 4 rings (SSSR count). The van der Waals surface area contributed by atoms with E-state index in [1.165, 1.54) is 75.4 Å². The molecule has 2 N–H and O–H groups in total. The second kappa shape index (κ2) is 10.6. The van der Waals surface area contributed by atoms with Gasteiger partial charge in [-0.25, -0.2) is 0 Å². The zero-order chi connectivity index (χ0) is 22.3. The predicted molar refractivity (Wildman–Crippen MR) is 140 cm³/mol. The van der Waals surface area contributed by atoms with E-state index in [0.717, 1.165) is 12.8 Å². The minimum atomic E-state index is 0.586. The van der Waals surface area contributed by atoms with Crippen LogP contribution in [0.2, 0.25) is 0 Å². The Hall–Kier alpha value is -2.90. The minimum absolute atomic E-state index is 0.586. The molecule has 0 saturated carbocycles. The van der Waals surface area contributed by atoms with Crippen molar-refractivity contribution in [1.82, 2.24) is 0 Å². The molecule has 0 bridgehead atoms. The molecule has 0 heterocycles. The lowest BCUT2D eigenvalue weighted by Gasteiger charge is -2.19. The lowest BCUT2D eigenvalue weighted by molar-refractivity contribution is 0.786. The highest BCUT2D eigenvalue weighted by atomic mass is 14.5. The number of rotatable bonds is 9. The van der Waals surface area contributed by atoms with Crippen LogP contribution < -0.4 is 5.73 Å². The smallest absolute Gasteiger partial charge is 0.0178 e. The van der Waals surface area contributed by atoms with Crippen LogP contribution in [0.15, 0.2) is 78.9 Å². The highest BCUT2D eigenvalue weighted by Crippen LogP contribution is 2.37. The van der Waals surface area contributed by atoms with Crippen molar-refractivity contribution in [3.05, 3.63) is 95.6 Å². The van der Waals surface area contributed by atoms with Crippen LogP contribution in [-0.2, 0) is 19.4 Å². The Labute approximate surface area is 193 Å². The molecule has 0 radical (unpaired) electrons. The van der Waals surface area contributed by atoms with Gasteiger partial charge in [-0.15, -0.1) is 0 Å². The van der Waals surface area contributed by atoms with E-state index in [1.54, 1.807) is 0 Å². The van der Waals surface area contributed by atoms with Crippen molar-refractivity contribution in [3.8, 4) is 22.3 Å². The molecule has 0 amide bonds. The lowest BCUT2D eigenvalue weighted by Crippen LogP contribution is -1.99. The van der Waals surface area contributed by atoms with Gasteiger partial charge < -0.3 is 5.73 Å². The third kappa shape index (κ3) is 4.79. The minimum Gasteiger partial charge on any atom is -0.326 e. The summed E-state index contributed by atoms with van der Waals surface area (Å²) in [6.07, 6.45) is 7.15. The van der Waals surface area contributed by atoms with Crippen molar-refractivity contribution >= 4 is 10.8 Å². The summed E-state index contributed by atoms with van der Waals surface area (Å²) in [5, 5.41) is 2.79. The van der Waals surface area contributed by atoms with Crippen molar-refractivity contribution in [1.29, 1.82) is 0 Å². The summed E-state index contributed by atoms with van der Waals surface area (Å²) in [6, 6.07) is 29.2. The van der Waals surface area contributed by atoms with Crippen LogP contribution in [0.3, 0.4) is 0 Å². The van der Waals surface area contributed by atoms with Crippen LogP contribution in [0, 0.1) is 0 Å². The summed E-state index contributed by atoms with van der Waals surface area (Å²) in [4.78, 5) is 0. The van der Waals surface area contributed by atoms with E-state index < -0.39 is 0 Å². The fourth-order valence-electron chi connectivity index (χ4n) is 4.69. The van der Waals surface area contributed by atoms with E-state index in [4.69, 9.17) is 5.73 Å². The molecule has 0 aromatic heterocycles. The number of hydrogen-bond donors (Lipinski definition) is 1. The summed E-state index contributed by atoms with van der Waals surface area (Å²) < 4.78 is 0. The molecule has 0 saturated heterocycles. The zero-order valence-corrected chi connectivity index (χ0v) is 19.5. The molecule has 1 nitrogen and oxygen atoms in total. The molecule has 0 fully saturated rings. The first kappa shape index (κ1) is 22.3. The Balaban J connectivity index is 1.81. The van der Waals surface area contributed by atoms with Gasteiger partial charge in [-0.3, -0.25) is 0 Å². The monoisotopic (exact) mass is 421 g/mol. The van der Waals surface area contributed by atoms with Crippen LogP contribution in [0.4, 0.5) is 0 Å². The van der Waals surface area contributed by atoms with Crippen molar-refractivity contribution in [2.24, 2.45) is 5.73 Å². The van der Waals surface area contributed by atoms with Crippen molar-refractivity contribution in [3.63, 3.8) is 0 Å². The normalized spacial score (nSPS) is 11.2. The molecule has 0 unspecified atom stereocenters. The van der Waals surface area contributed by atoms with Crippen LogP contribution in [0.5, 0.6) is 0 Å². The largest absolute Gasteiger partial charge is 0.326 e. The highest BCUT2D eigenvalue weighted by Gasteiger charge is 2.15. The standard InChI is InChI=1S/C31H35N/c1-3-5-9-28-21-27-10-7-8-12-29(27)30(11-6-4-2)31(28)26-19-17-25(18-20-26)24-15-13-23(22-32)14-16-24/h7-8,10,12-21H,3-6,9,11,22,32H2,1-2H3. The molecule has 4 aromatic rings. The van der Waals surface area contributed by atoms with Gasteiger partial charge in [0.1, 0.15) is 0 Å². The van der Waals surface area contributed by atoms with Crippen LogP contribution in [0.25, 0.3) is 33.0 Å². The third-order valence-electron chi connectivity index (χ3n) is 6.52.